The molecule has 3 heterocycles. The van der Waals surface area contributed by atoms with Crippen molar-refractivity contribution in [2.75, 3.05) is 13.1 Å². The van der Waals surface area contributed by atoms with E-state index in [1.807, 2.05) is 35.2 Å². The summed E-state index contributed by atoms with van der Waals surface area (Å²) in [5, 5.41) is 0. The number of fused-ring (bicyclic) bond motifs is 1. The van der Waals surface area contributed by atoms with Crippen molar-refractivity contribution in [3.05, 3.63) is 77.6 Å². The standard InChI is InChI=1S/C25H24N2O2.H2/c1-17-7-8-23-20(13-17)15-21(26-23)14-18-9-11-27(16-18)25(28)22-10-12-29-24(22)19-5-3-2-4-6-19;/h2-8,10,12-13,18H,9,11,14-16H2,1H3;1H/t18-;/m0./s1. The molecule has 5 rings (SSSR count). The van der Waals surface area contributed by atoms with Crippen LogP contribution in [0.1, 0.15) is 35.8 Å². The summed E-state index contributed by atoms with van der Waals surface area (Å²) in [6.45, 7) is 3.70. The Morgan fingerprint density at radius 2 is 2.07 bits per heavy atom. The Kier molecular flexibility index (Phi) is 4.55. The molecule has 2 aliphatic heterocycles. The molecule has 1 amide bonds. The van der Waals surface area contributed by atoms with Crippen molar-refractivity contribution in [3.8, 4) is 11.3 Å². The van der Waals surface area contributed by atoms with Gasteiger partial charge >= 0.3 is 0 Å². The van der Waals surface area contributed by atoms with Gasteiger partial charge in [0, 0.05) is 32.2 Å². The minimum atomic E-state index is 0. The minimum absolute atomic E-state index is 0. The molecular weight excluding hydrogens is 360 g/mol. The highest BCUT2D eigenvalue weighted by Crippen LogP contribution is 2.32. The maximum atomic E-state index is 13.1. The Labute approximate surface area is 172 Å². The molecule has 4 heteroatoms. The topological polar surface area (TPSA) is 45.8 Å². The molecule has 0 spiro atoms. The Hall–Kier alpha value is -3.14. The van der Waals surface area contributed by atoms with Crippen LogP contribution in [0.3, 0.4) is 0 Å². The predicted molar refractivity (Wildman–Crippen MR) is 117 cm³/mol. The molecule has 29 heavy (non-hydrogen) atoms. The molecule has 2 aliphatic rings. The summed E-state index contributed by atoms with van der Waals surface area (Å²) >= 11 is 0. The summed E-state index contributed by atoms with van der Waals surface area (Å²) in [5.41, 5.74) is 6.56. The number of furan rings is 1. The van der Waals surface area contributed by atoms with Crippen molar-refractivity contribution in [2.24, 2.45) is 10.9 Å². The van der Waals surface area contributed by atoms with Gasteiger partial charge in [-0.25, -0.2) is 0 Å². The lowest BCUT2D eigenvalue weighted by Crippen LogP contribution is -2.29. The smallest absolute Gasteiger partial charge is 0.257 e. The van der Waals surface area contributed by atoms with Gasteiger partial charge in [0.2, 0.25) is 0 Å². The van der Waals surface area contributed by atoms with E-state index in [4.69, 9.17) is 9.41 Å². The first-order valence-corrected chi connectivity index (χ1v) is 10.3. The highest BCUT2D eigenvalue weighted by atomic mass is 16.3. The monoisotopic (exact) mass is 386 g/mol. The number of benzene rings is 2. The SMILES string of the molecule is Cc1ccc2c(c1)CC(C[C@@H]1CCN(C(=O)c3ccoc3-c3ccccc3)C1)=N2.[HH]. The van der Waals surface area contributed by atoms with E-state index < -0.39 is 0 Å². The fourth-order valence-electron chi connectivity index (χ4n) is 4.49. The van der Waals surface area contributed by atoms with Crippen LogP contribution < -0.4 is 0 Å². The number of carbonyl (C=O) groups is 1. The van der Waals surface area contributed by atoms with Crippen molar-refractivity contribution < 1.29 is 10.6 Å². The molecule has 0 N–H and O–H groups in total. The number of aryl methyl sites for hydroxylation is 1. The average molecular weight is 386 g/mol. The highest BCUT2D eigenvalue weighted by molar-refractivity contribution is 6.00. The quantitative estimate of drug-likeness (QED) is 0.579. The number of hydrogen-bond acceptors (Lipinski definition) is 3. The van der Waals surface area contributed by atoms with E-state index in [1.165, 1.54) is 16.8 Å². The van der Waals surface area contributed by atoms with Crippen LogP contribution in [-0.4, -0.2) is 29.6 Å². The summed E-state index contributed by atoms with van der Waals surface area (Å²) < 4.78 is 5.64. The number of carbonyl (C=O) groups excluding carboxylic acids is 1. The Bertz CT molecular complexity index is 1090. The second kappa shape index (κ2) is 7.36. The third-order valence-electron chi connectivity index (χ3n) is 5.94. The van der Waals surface area contributed by atoms with Gasteiger partial charge in [-0.05, 0) is 43.4 Å². The van der Waals surface area contributed by atoms with Crippen LogP contribution in [0.4, 0.5) is 5.69 Å². The van der Waals surface area contributed by atoms with E-state index in [1.54, 1.807) is 12.3 Å². The molecule has 3 aromatic rings. The summed E-state index contributed by atoms with van der Waals surface area (Å²) in [6.07, 6.45) is 4.55. The van der Waals surface area contributed by atoms with Gasteiger partial charge in [-0.15, -0.1) is 0 Å². The number of rotatable bonds is 4. The summed E-state index contributed by atoms with van der Waals surface area (Å²) in [6, 6.07) is 18.1. The van der Waals surface area contributed by atoms with Gasteiger partial charge in [-0.1, -0.05) is 48.0 Å². The largest absolute Gasteiger partial charge is 0.464 e. The molecule has 1 saturated heterocycles. The normalized spacial score (nSPS) is 18.0. The van der Waals surface area contributed by atoms with E-state index in [9.17, 15) is 4.79 Å². The molecule has 0 saturated carbocycles. The zero-order chi connectivity index (χ0) is 19.8. The van der Waals surface area contributed by atoms with Crippen LogP contribution in [0.2, 0.25) is 0 Å². The van der Waals surface area contributed by atoms with E-state index in [0.717, 1.165) is 43.6 Å². The number of hydrogen-bond donors (Lipinski definition) is 0. The third-order valence-corrected chi connectivity index (χ3v) is 5.94. The van der Waals surface area contributed by atoms with E-state index in [0.29, 0.717) is 17.2 Å². The summed E-state index contributed by atoms with van der Waals surface area (Å²) in [7, 11) is 0. The van der Waals surface area contributed by atoms with Crippen molar-refractivity contribution in [1.82, 2.24) is 4.90 Å². The van der Waals surface area contributed by atoms with Crippen molar-refractivity contribution >= 4 is 17.3 Å². The zero-order valence-corrected chi connectivity index (χ0v) is 16.6. The molecule has 4 nitrogen and oxygen atoms in total. The van der Waals surface area contributed by atoms with E-state index in [2.05, 4.69) is 25.1 Å². The van der Waals surface area contributed by atoms with Crippen molar-refractivity contribution in [1.29, 1.82) is 0 Å². The lowest BCUT2D eigenvalue weighted by atomic mass is 9.98. The summed E-state index contributed by atoms with van der Waals surface area (Å²) in [5.74, 6) is 1.19. The third kappa shape index (κ3) is 3.51. The first-order chi connectivity index (χ1) is 14.2. The lowest BCUT2D eigenvalue weighted by molar-refractivity contribution is 0.0787. The fourth-order valence-corrected chi connectivity index (χ4v) is 4.49. The van der Waals surface area contributed by atoms with Gasteiger partial charge in [-0.2, -0.15) is 0 Å². The summed E-state index contributed by atoms with van der Waals surface area (Å²) in [4.78, 5) is 19.9. The van der Waals surface area contributed by atoms with Crippen LogP contribution in [0.5, 0.6) is 0 Å². The van der Waals surface area contributed by atoms with Crippen LogP contribution in [0, 0.1) is 12.8 Å². The molecule has 148 valence electrons. The second-order valence-corrected chi connectivity index (χ2v) is 8.13. The van der Waals surface area contributed by atoms with Gasteiger partial charge < -0.3 is 9.32 Å². The maximum absolute atomic E-state index is 13.1. The van der Waals surface area contributed by atoms with Gasteiger partial charge in [0.1, 0.15) is 5.76 Å². The second-order valence-electron chi connectivity index (χ2n) is 8.13. The van der Waals surface area contributed by atoms with Gasteiger partial charge in [0.25, 0.3) is 5.91 Å². The fraction of sp³-hybridized carbons (Fsp3) is 0.280. The van der Waals surface area contributed by atoms with E-state index in [-0.39, 0.29) is 7.33 Å². The molecule has 0 radical (unpaired) electrons. The zero-order valence-electron chi connectivity index (χ0n) is 16.6. The highest BCUT2D eigenvalue weighted by Gasteiger charge is 2.30. The van der Waals surface area contributed by atoms with Crippen molar-refractivity contribution in [3.63, 3.8) is 0 Å². The van der Waals surface area contributed by atoms with E-state index >= 15 is 0 Å². The van der Waals surface area contributed by atoms with Gasteiger partial charge in [0.15, 0.2) is 0 Å². The first-order valence-electron chi connectivity index (χ1n) is 10.3. The first kappa shape index (κ1) is 17.9. The molecule has 0 bridgehead atoms. The number of aliphatic imine (C=N–C) groups is 1. The molecule has 0 aliphatic carbocycles. The lowest BCUT2D eigenvalue weighted by Gasteiger charge is -2.16. The maximum Gasteiger partial charge on any atom is 0.257 e. The molecule has 0 unspecified atom stereocenters. The van der Waals surface area contributed by atoms with Crippen LogP contribution in [0.25, 0.3) is 11.3 Å². The number of nitrogens with zero attached hydrogens (tertiary/aromatic N) is 2. The van der Waals surface area contributed by atoms with Crippen molar-refractivity contribution in [2.45, 2.75) is 26.2 Å². The van der Waals surface area contributed by atoms with Crippen LogP contribution >= 0.6 is 0 Å². The van der Waals surface area contributed by atoms with Gasteiger partial charge in [0.05, 0.1) is 17.5 Å². The van der Waals surface area contributed by atoms with Gasteiger partial charge in [-0.3, -0.25) is 9.79 Å². The molecule has 2 aromatic carbocycles. The van der Waals surface area contributed by atoms with Crippen LogP contribution in [-0.2, 0) is 6.42 Å². The number of amides is 1. The molecule has 1 aromatic heterocycles. The number of likely N-dealkylation sites (tertiary alicyclic amines) is 1. The Balaban J connectivity index is 0.00000218. The average Bonchev–Trinajstić information content (AvgIpc) is 3.47. The Morgan fingerprint density at radius 1 is 1.21 bits per heavy atom. The molecular formula is C25H26N2O2. The van der Waals surface area contributed by atoms with Crippen LogP contribution in [0.15, 0.2) is 70.3 Å². The molecule has 1 fully saturated rings. The molecule has 1 atom stereocenters. The predicted octanol–water partition coefficient (Wildman–Crippen LogP) is 5.68. The Morgan fingerprint density at radius 3 is 2.93 bits per heavy atom. The minimum Gasteiger partial charge on any atom is -0.464 e.